The van der Waals surface area contributed by atoms with Crippen LogP contribution >= 0.6 is 0 Å². The molecule has 0 radical (unpaired) electrons. The summed E-state index contributed by atoms with van der Waals surface area (Å²) in [6.07, 6.45) is 0. The van der Waals surface area contributed by atoms with E-state index in [1.54, 1.807) is 6.07 Å². The minimum atomic E-state index is -1.11. The zero-order valence-electron chi connectivity index (χ0n) is 6.01. The highest BCUT2D eigenvalue weighted by atomic mass is 19.2. The van der Waals surface area contributed by atoms with Crippen LogP contribution in [0, 0.1) is 23.0 Å². The van der Waals surface area contributed by atoms with Gasteiger partial charge in [0.1, 0.15) is 0 Å². The summed E-state index contributed by atoms with van der Waals surface area (Å²) in [5, 5.41) is 16.9. The summed E-state index contributed by atoms with van der Waals surface area (Å²) in [6.45, 7) is -0.613. The Bertz CT molecular complexity index is 344. The molecule has 0 fully saturated rings. The highest BCUT2D eigenvalue weighted by Gasteiger charge is 2.09. The lowest BCUT2D eigenvalue weighted by molar-refractivity contribution is 0.273. The van der Waals surface area contributed by atoms with Gasteiger partial charge in [0.2, 0.25) is 0 Å². The van der Waals surface area contributed by atoms with E-state index in [9.17, 15) is 8.78 Å². The molecule has 0 spiro atoms. The van der Waals surface area contributed by atoms with Crippen LogP contribution in [0.2, 0.25) is 0 Å². The molecule has 1 N–H and O–H groups in total. The van der Waals surface area contributed by atoms with E-state index in [1.807, 2.05) is 0 Å². The van der Waals surface area contributed by atoms with Gasteiger partial charge < -0.3 is 5.11 Å². The van der Waals surface area contributed by atoms with Gasteiger partial charge in [-0.05, 0) is 12.1 Å². The van der Waals surface area contributed by atoms with Crippen LogP contribution in [0.4, 0.5) is 8.78 Å². The van der Waals surface area contributed by atoms with Crippen molar-refractivity contribution >= 4 is 0 Å². The van der Waals surface area contributed by atoms with Gasteiger partial charge in [-0.2, -0.15) is 5.26 Å². The second-order valence-corrected chi connectivity index (χ2v) is 2.20. The first-order valence-electron chi connectivity index (χ1n) is 3.18. The molecule has 0 atom stereocenters. The van der Waals surface area contributed by atoms with Crippen LogP contribution in [0.5, 0.6) is 0 Å². The first-order chi connectivity index (χ1) is 5.69. The molecule has 0 heterocycles. The zero-order chi connectivity index (χ0) is 9.14. The third kappa shape index (κ3) is 1.41. The highest BCUT2D eigenvalue weighted by Crippen LogP contribution is 2.14. The normalized spacial score (nSPS) is 9.50. The summed E-state index contributed by atoms with van der Waals surface area (Å²) in [5.74, 6) is -2.21. The van der Waals surface area contributed by atoms with Crippen molar-refractivity contribution in [2.45, 2.75) is 6.61 Å². The topological polar surface area (TPSA) is 44.0 Å². The molecule has 1 aromatic carbocycles. The van der Waals surface area contributed by atoms with E-state index in [0.717, 1.165) is 12.1 Å². The van der Waals surface area contributed by atoms with E-state index in [1.165, 1.54) is 0 Å². The van der Waals surface area contributed by atoms with Gasteiger partial charge in [-0.1, -0.05) is 0 Å². The molecule has 4 heteroatoms. The molecule has 0 unspecified atom stereocenters. The monoisotopic (exact) mass is 169 g/mol. The summed E-state index contributed by atoms with van der Waals surface area (Å²) in [5.41, 5.74) is -0.204. The van der Waals surface area contributed by atoms with E-state index in [4.69, 9.17) is 10.4 Å². The summed E-state index contributed by atoms with van der Waals surface area (Å²) >= 11 is 0. The van der Waals surface area contributed by atoms with E-state index >= 15 is 0 Å². The van der Waals surface area contributed by atoms with E-state index in [2.05, 4.69) is 0 Å². The summed E-state index contributed by atoms with van der Waals surface area (Å²) in [4.78, 5) is 0. The van der Waals surface area contributed by atoms with Crippen LogP contribution < -0.4 is 0 Å². The van der Waals surface area contributed by atoms with Gasteiger partial charge in [0.05, 0.1) is 18.2 Å². The number of aliphatic hydroxyl groups excluding tert-OH is 1. The van der Waals surface area contributed by atoms with E-state index in [0.29, 0.717) is 0 Å². The zero-order valence-corrected chi connectivity index (χ0v) is 6.01. The number of hydrogen-bond donors (Lipinski definition) is 1. The van der Waals surface area contributed by atoms with Crippen molar-refractivity contribution in [1.82, 2.24) is 0 Å². The third-order valence-corrected chi connectivity index (χ3v) is 1.40. The lowest BCUT2D eigenvalue weighted by Gasteiger charge is -1.99. The molecule has 2 nitrogen and oxygen atoms in total. The predicted octanol–water partition coefficient (Wildman–Crippen LogP) is 1.33. The number of aliphatic hydroxyl groups is 1. The van der Waals surface area contributed by atoms with Gasteiger partial charge in [0.15, 0.2) is 11.6 Å². The Hall–Kier alpha value is -1.47. The smallest absolute Gasteiger partial charge is 0.164 e. The fourth-order valence-electron chi connectivity index (χ4n) is 0.826. The fourth-order valence-corrected chi connectivity index (χ4v) is 0.826. The van der Waals surface area contributed by atoms with Crippen LogP contribution in [-0.2, 0) is 6.61 Å². The van der Waals surface area contributed by atoms with Crippen molar-refractivity contribution in [3.63, 3.8) is 0 Å². The lowest BCUT2D eigenvalue weighted by Crippen LogP contribution is -1.95. The molecule has 1 rings (SSSR count). The summed E-state index contributed by atoms with van der Waals surface area (Å²) in [6, 6.07) is 3.55. The number of rotatable bonds is 1. The van der Waals surface area contributed by atoms with Gasteiger partial charge in [-0.25, -0.2) is 8.78 Å². The number of benzene rings is 1. The minimum absolute atomic E-state index is 0.00190. The van der Waals surface area contributed by atoms with Crippen molar-refractivity contribution in [2.24, 2.45) is 0 Å². The Balaban J connectivity index is 3.31. The molecule has 0 saturated heterocycles. The van der Waals surface area contributed by atoms with Crippen molar-refractivity contribution in [3.05, 3.63) is 34.9 Å². The first-order valence-corrected chi connectivity index (χ1v) is 3.18. The van der Waals surface area contributed by atoms with Gasteiger partial charge >= 0.3 is 0 Å². The molecule has 0 saturated carbocycles. The molecule has 0 aliphatic heterocycles. The molecule has 0 aliphatic rings. The van der Waals surface area contributed by atoms with Gasteiger partial charge in [-0.3, -0.25) is 0 Å². The molecular formula is C8H5F2NO. The third-order valence-electron chi connectivity index (χ3n) is 1.40. The van der Waals surface area contributed by atoms with Crippen molar-refractivity contribution in [2.75, 3.05) is 0 Å². The Kier molecular flexibility index (Phi) is 2.36. The number of hydrogen-bond acceptors (Lipinski definition) is 2. The van der Waals surface area contributed by atoms with Crippen molar-refractivity contribution in [1.29, 1.82) is 5.26 Å². The van der Waals surface area contributed by atoms with Crippen LogP contribution in [0.25, 0.3) is 0 Å². The highest BCUT2D eigenvalue weighted by molar-refractivity contribution is 5.34. The van der Waals surface area contributed by atoms with E-state index < -0.39 is 18.2 Å². The molecular weight excluding hydrogens is 164 g/mol. The molecule has 0 aromatic heterocycles. The van der Waals surface area contributed by atoms with Gasteiger partial charge in [0.25, 0.3) is 0 Å². The van der Waals surface area contributed by atoms with Crippen molar-refractivity contribution < 1.29 is 13.9 Å². The Labute approximate surface area is 67.7 Å². The second kappa shape index (κ2) is 3.28. The van der Waals surface area contributed by atoms with Gasteiger partial charge in [-0.15, -0.1) is 0 Å². The number of nitrogens with zero attached hydrogens (tertiary/aromatic N) is 1. The summed E-state index contributed by atoms with van der Waals surface area (Å²) < 4.78 is 25.3. The molecule has 62 valence electrons. The maximum atomic E-state index is 12.7. The molecule has 1 aromatic rings. The number of nitriles is 1. The second-order valence-electron chi connectivity index (χ2n) is 2.20. The van der Waals surface area contributed by atoms with Crippen LogP contribution in [0.3, 0.4) is 0 Å². The minimum Gasteiger partial charge on any atom is -0.392 e. The summed E-state index contributed by atoms with van der Waals surface area (Å²) in [7, 11) is 0. The van der Waals surface area contributed by atoms with Crippen LogP contribution in [-0.4, -0.2) is 5.11 Å². The Morgan fingerprint density at radius 3 is 2.58 bits per heavy atom. The fraction of sp³-hybridized carbons (Fsp3) is 0.125. The van der Waals surface area contributed by atoms with E-state index in [-0.39, 0.29) is 11.1 Å². The average molecular weight is 169 g/mol. The van der Waals surface area contributed by atoms with Crippen molar-refractivity contribution in [3.8, 4) is 6.07 Å². The number of halogens is 2. The largest absolute Gasteiger partial charge is 0.392 e. The predicted molar refractivity (Wildman–Crippen MR) is 37.0 cm³/mol. The molecule has 12 heavy (non-hydrogen) atoms. The molecule has 0 bridgehead atoms. The SMILES string of the molecule is N#Cc1cc(F)c(F)c(CO)c1. The Morgan fingerprint density at radius 1 is 1.42 bits per heavy atom. The maximum absolute atomic E-state index is 12.7. The molecule has 0 amide bonds. The maximum Gasteiger partial charge on any atom is 0.164 e. The quantitative estimate of drug-likeness (QED) is 0.689. The average Bonchev–Trinajstić information content (AvgIpc) is 2.09. The van der Waals surface area contributed by atoms with Crippen LogP contribution in [0.15, 0.2) is 12.1 Å². The van der Waals surface area contributed by atoms with Gasteiger partial charge in [0, 0.05) is 5.56 Å². The Morgan fingerprint density at radius 2 is 2.08 bits per heavy atom. The molecule has 0 aliphatic carbocycles. The van der Waals surface area contributed by atoms with Crippen LogP contribution in [0.1, 0.15) is 11.1 Å². The first kappa shape index (κ1) is 8.62. The lowest BCUT2D eigenvalue weighted by atomic mass is 10.1. The standard InChI is InChI=1S/C8H5F2NO/c9-7-2-5(3-11)1-6(4-12)8(7)10/h1-2,12H,4H2.